The van der Waals surface area contributed by atoms with E-state index in [1.807, 2.05) is 13.8 Å². The molecule has 1 rings (SSSR count). The highest BCUT2D eigenvalue weighted by atomic mass is 16.3. The highest BCUT2D eigenvalue weighted by molar-refractivity contribution is 5.97. The lowest BCUT2D eigenvalue weighted by Crippen LogP contribution is -2.32. The molecule has 0 aliphatic heterocycles. The zero-order chi connectivity index (χ0) is 13.7. The van der Waals surface area contributed by atoms with Gasteiger partial charge in [-0.3, -0.25) is 4.79 Å². The molecular formula is C13H21N3O2. The van der Waals surface area contributed by atoms with Crippen molar-refractivity contribution in [1.29, 1.82) is 0 Å². The van der Waals surface area contributed by atoms with Crippen LogP contribution in [-0.4, -0.2) is 29.0 Å². The maximum Gasteiger partial charge on any atom is 0.254 e. The number of anilines is 2. The molecule has 0 aliphatic carbocycles. The predicted molar refractivity (Wildman–Crippen MR) is 73.4 cm³/mol. The second-order valence-corrected chi connectivity index (χ2v) is 4.30. The third kappa shape index (κ3) is 3.06. The van der Waals surface area contributed by atoms with Crippen molar-refractivity contribution in [1.82, 2.24) is 4.90 Å². The maximum atomic E-state index is 12.3. The summed E-state index contributed by atoms with van der Waals surface area (Å²) < 4.78 is 0. The van der Waals surface area contributed by atoms with Crippen LogP contribution in [0.15, 0.2) is 12.1 Å². The van der Waals surface area contributed by atoms with E-state index in [1.54, 1.807) is 4.90 Å². The number of nitrogen functional groups attached to an aromatic ring is 2. The Bertz CT molecular complexity index is 403. The standard InChI is InChI=1S/C13H21N3O2/c1-3-5-16(6-4-2)13(18)9-7-10(14)12(17)11(15)8-9/h7-8,17H,3-6,14-15H2,1-2H3. The Morgan fingerprint density at radius 2 is 1.61 bits per heavy atom. The summed E-state index contributed by atoms with van der Waals surface area (Å²) in [4.78, 5) is 14.0. The van der Waals surface area contributed by atoms with Crippen molar-refractivity contribution in [3.63, 3.8) is 0 Å². The monoisotopic (exact) mass is 251 g/mol. The molecule has 5 nitrogen and oxygen atoms in total. The molecule has 100 valence electrons. The predicted octanol–water partition coefficient (Wildman–Crippen LogP) is 1.82. The molecule has 0 unspecified atom stereocenters. The molecule has 0 atom stereocenters. The van der Waals surface area contributed by atoms with Gasteiger partial charge >= 0.3 is 0 Å². The van der Waals surface area contributed by atoms with Crippen molar-refractivity contribution < 1.29 is 9.90 Å². The van der Waals surface area contributed by atoms with Crippen LogP contribution in [0.25, 0.3) is 0 Å². The average Bonchev–Trinajstić information content (AvgIpc) is 2.34. The van der Waals surface area contributed by atoms with E-state index in [-0.39, 0.29) is 23.0 Å². The fourth-order valence-electron chi connectivity index (χ4n) is 1.84. The molecule has 0 aromatic heterocycles. The van der Waals surface area contributed by atoms with Crippen molar-refractivity contribution >= 4 is 17.3 Å². The van der Waals surface area contributed by atoms with E-state index in [4.69, 9.17) is 11.5 Å². The number of rotatable bonds is 5. The van der Waals surface area contributed by atoms with Gasteiger partial charge in [0.25, 0.3) is 5.91 Å². The minimum absolute atomic E-state index is 0.0999. The first kappa shape index (κ1) is 14.2. The molecule has 1 amide bonds. The lowest BCUT2D eigenvalue weighted by Gasteiger charge is -2.22. The first-order valence-electron chi connectivity index (χ1n) is 6.18. The summed E-state index contributed by atoms with van der Waals surface area (Å²) in [6, 6.07) is 2.93. The van der Waals surface area contributed by atoms with E-state index in [2.05, 4.69) is 0 Å². The van der Waals surface area contributed by atoms with Crippen LogP contribution in [0.4, 0.5) is 11.4 Å². The van der Waals surface area contributed by atoms with Gasteiger partial charge in [-0.15, -0.1) is 0 Å². The fourth-order valence-corrected chi connectivity index (χ4v) is 1.84. The summed E-state index contributed by atoms with van der Waals surface area (Å²) in [6.45, 7) is 5.45. The quantitative estimate of drug-likeness (QED) is 0.549. The lowest BCUT2D eigenvalue weighted by molar-refractivity contribution is 0.0755. The number of amides is 1. The van der Waals surface area contributed by atoms with Gasteiger partial charge in [0.15, 0.2) is 5.75 Å². The van der Waals surface area contributed by atoms with Gasteiger partial charge in [-0.05, 0) is 25.0 Å². The second-order valence-electron chi connectivity index (χ2n) is 4.30. The van der Waals surface area contributed by atoms with E-state index in [0.29, 0.717) is 18.7 Å². The van der Waals surface area contributed by atoms with Gasteiger partial charge in [-0.1, -0.05) is 13.8 Å². The van der Waals surface area contributed by atoms with Crippen molar-refractivity contribution in [3.05, 3.63) is 17.7 Å². The number of benzene rings is 1. The molecule has 0 radical (unpaired) electrons. The van der Waals surface area contributed by atoms with E-state index >= 15 is 0 Å². The van der Waals surface area contributed by atoms with Gasteiger partial charge in [0, 0.05) is 18.7 Å². The van der Waals surface area contributed by atoms with Gasteiger partial charge in [-0.2, -0.15) is 0 Å². The fraction of sp³-hybridized carbons (Fsp3) is 0.462. The minimum atomic E-state index is -0.163. The summed E-state index contributed by atoms with van der Waals surface area (Å²) in [5, 5.41) is 9.48. The Labute approximate surface area is 107 Å². The van der Waals surface area contributed by atoms with Crippen LogP contribution in [0.2, 0.25) is 0 Å². The topological polar surface area (TPSA) is 92.6 Å². The number of nitrogens with zero attached hydrogens (tertiary/aromatic N) is 1. The summed E-state index contributed by atoms with van der Waals surface area (Å²) in [7, 11) is 0. The summed E-state index contributed by atoms with van der Waals surface area (Å²) >= 11 is 0. The molecule has 5 N–H and O–H groups in total. The number of carbonyl (C=O) groups is 1. The molecule has 0 saturated carbocycles. The molecule has 18 heavy (non-hydrogen) atoms. The summed E-state index contributed by atoms with van der Waals surface area (Å²) in [6.07, 6.45) is 1.80. The van der Waals surface area contributed by atoms with E-state index < -0.39 is 0 Å². The first-order valence-corrected chi connectivity index (χ1v) is 6.18. The number of nitrogens with two attached hydrogens (primary N) is 2. The molecule has 0 aliphatic rings. The van der Waals surface area contributed by atoms with Crippen molar-refractivity contribution in [3.8, 4) is 5.75 Å². The third-order valence-corrected chi connectivity index (χ3v) is 2.69. The lowest BCUT2D eigenvalue weighted by atomic mass is 10.1. The molecule has 0 heterocycles. The second kappa shape index (κ2) is 6.14. The number of phenolic OH excluding ortho intramolecular Hbond substituents is 1. The largest absolute Gasteiger partial charge is 0.504 e. The smallest absolute Gasteiger partial charge is 0.254 e. The number of hydrogen-bond acceptors (Lipinski definition) is 4. The molecule has 1 aromatic carbocycles. The van der Waals surface area contributed by atoms with E-state index in [0.717, 1.165) is 12.8 Å². The van der Waals surface area contributed by atoms with E-state index in [1.165, 1.54) is 12.1 Å². The number of hydrogen-bond donors (Lipinski definition) is 3. The molecule has 0 spiro atoms. The van der Waals surface area contributed by atoms with Crippen molar-refractivity contribution in [2.75, 3.05) is 24.6 Å². The van der Waals surface area contributed by atoms with Gasteiger partial charge in [0.1, 0.15) is 0 Å². The van der Waals surface area contributed by atoms with Gasteiger partial charge in [0.05, 0.1) is 11.4 Å². The summed E-state index contributed by atoms with van der Waals surface area (Å²) in [5.41, 5.74) is 11.9. The van der Waals surface area contributed by atoms with Crippen LogP contribution in [0, 0.1) is 0 Å². The van der Waals surface area contributed by atoms with Crippen molar-refractivity contribution in [2.24, 2.45) is 0 Å². The molecule has 0 fully saturated rings. The molecule has 0 saturated heterocycles. The molecule has 1 aromatic rings. The summed E-state index contributed by atoms with van der Waals surface area (Å²) in [5.74, 6) is -0.263. The minimum Gasteiger partial charge on any atom is -0.504 e. The molecular weight excluding hydrogens is 230 g/mol. The van der Waals surface area contributed by atoms with Gasteiger partial charge in [0.2, 0.25) is 0 Å². The molecule has 5 heteroatoms. The number of aromatic hydroxyl groups is 1. The Balaban J connectivity index is 3.01. The van der Waals surface area contributed by atoms with E-state index in [9.17, 15) is 9.90 Å². The average molecular weight is 251 g/mol. The van der Waals surface area contributed by atoms with Crippen LogP contribution in [0.5, 0.6) is 5.75 Å². The number of phenols is 1. The first-order chi connectivity index (χ1) is 8.51. The third-order valence-electron chi connectivity index (χ3n) is 2.69. The van der Waals surface area contributed by atoms with Crippen LogP contribution in [0.3, 0.4) is 0 Å². The highest BCUT2D eigenvalue weighted by Crippen LogP contribution is 2.29. The van der Waals surface area contributed by atoms with Crippen LogP contribution < -0.4 is 11.5 Å². The maximum absolute atomic E-state index is 12.3. The Kier molecular flexibility index (Phi) is 4.83. The van der Waals surface area contributed by atoms with Crippen LogP contribution in [-0.2, 0) is 0 Å². The normalized spacial score (nSPS) is 10.3. The highest BCUT2D eigenvalue weighted by Gasteiger charge is 2.16. The van der Waals surface area contributed by atoms with Gasteiger partial charge in [-0.25, -0.2) is 0 Å². The zero-order valence-electron chi connectivity index (χ0n) is 10.9. The Morgan fingerprint density at radius 1 is 1.17 bits per heavy atom. The van der Waals surface area contributed by atoms with Crippen LogP contribution >= 0.6 is 0 Å². The van der Waals surface area contributed by atoms with Crippen LogP contribution in [0.1, 0.15) is 37.0 Å². The Hall–Kier alpha value is -1.91. The SMILES string of the molecule is CCCN(CCC)C(=O)c1cc(N)c(O)c(N)c1. The van der Waals surface area contributed by atoms with Gasteiger partial charge < -0.3 is 21.5 Å². The Morgan fingerprint density at radius 3 is 2.00 bits per heavy atom. The molecule has 0 bridgehead atoms. The zero-order valence-corrected chi connectivity index (χ0v) is 10.9. The number of carbonyl (C=O) groups excluding carboxylic acids is 1. The van der Waals surface area contributed by atoms with Crippen molar-refractivity contribution in [2.45, 2.75) is 26.7 Å².